The van der Waals surface area contributed by atoms with Crippen LogP contribution in [-0.2, 0) is 25.6 Å². The molecular formula is C42H48Cl2N6O6. The molecule has 1 aromatic heterocycles. The van der Waals surface area contributed by atoms with Gasteiger partial charge >= 0.3 is 0 Å². The molecule has 6 rings (SSSR count). The number of amides is 5. The third-order valence-electron chi connectivity index (χ3n) is 10.2. The fraction of sp³-hybridized carbons (Fsp3) is 0.429. The highest BCUT2D eigenvalue weighted by molar-refractivity contribution is 6.34. The molecule has 0 atom stereocenters. The number of unbranched alkanes of at least 4 members (excludes halogenated alkanes) is 5. The second kappa shape index (κ2) is 19.8. The number of anilines is 2. The normalized spacial score (nSPS) is 14.9. The van der Waals surface area contributed by atoms with Crippen LogP contribution >= 0.6 is 23.2 Å². The van der Waals surface area contributed by atoms with Crippen molar-refractivity contribution >= 4 is 64.1 Å². The predicted octanol–water partition coefficient (Wildman–Crippen LogP) is 7.02. The van der Waals surface area contributed by atoms with Crippen molar-refractivity contribution in [2.24, 2.45) is 0 Å². The lowest BCUT2D eigenvalue weighted by atomic mass is 10.1. The quantitative estimate of drug-likeness (QED) is 0.0918. The molecular weight excluding hydrogens is 755 g/mol. The molecule has 1 fully saturated rings. The van der Waals surface area contributed by atoms with Crippen LogP contribution in [0.2, 0.25) is 10.0 Å². The maximum absolute atomic E-state index is 13.9. The Morgan fingerprint density at radius 3 is 2.16 bits per heavy atom. The minimum atomic E-state index is -0.274. The smallest absolute Gasteiger partial charge is 0.263 e. The summed E-state index contributed by atoms with van der Waals surface area (Å²) in [7, 11) is 0. The van der Waals surface area contributed by atoms with E-state index in [1.807, 2.05) is 18.2 Å². The first-order valence-electron chi connectivity index (χ1n) is 19.5. The van der Waals surface area contributed by atoms with E-state index in [-0.39, 0.29) is 36.0 Å². The van der Waals surface area contributed by atoms with E-state index in [0.29, 0.717) is 90.6 Å². The van der Waals surface area contributed by atoms with E-state index in [0.717, 1.165) is 50.0 Å². The number of benzene rings is 2. The summed E-state index contributed by atoms with van der Waals surface area (Å²) in [6.45, 7) is 2.86. The number of fused-ring (bicyclic) bond motifs is 1. The average Bonchev–Trinajstić information content (AvgIpc) is 4.00. The number of nitrogens with zero attached hydrogens (tertiary/aromatic N) is 4. The van der Waals surface area contributed by atoms with Gasteiger partial charge < -0.3 is 25.2 Å². The summed E-state index contributed by atoms with van der Waals surface area (Å²) in [5, 5.41) is 6.61. The number of carbonyl (C=O) groups is 5. The molecule has 0 bridgehead atoms. The Morgan fingerprint density at radius 2 is 1.45 bits per heavy atom. The fourth-order valence-corrected chi connectivity index (χ4v) is 7.44. The Balaban J connectivity index is 0.869. The Kier molecular flexibility index (Phi) is 14.4. The molecule has 0 spiro atoms. The van der Waals surface area contributed by atoms with Crippen LogP contribution in [0.3, 0.4) is 0 Å². The van der Waals surface area contributed by atoms with Gasteiger partial charge in [0.1, 0.15) is 17.1 Å². The van der Waals surface area contributed by atoms with Crippen LogP contribution in [0.25, 0.3) is 0 Å². The Labute approximate surface area is 337 Å². The van der Waals surface area contributed by atoms with Crippen molar-refractivity contribution in [2.75, 3.05) is 42.5 Å². The largest absolute Gasteiger partial charge is 0.455 e. The van der Waals surface area contributed by atoms with Gasteiger partial charge in [-0.15, -0.1) is 0 Å². The summed E-state index contributed by atoms with van der Waals surface area (Å²) in [6, 6.07) is 13.5. The van der Waals surface area contributed by atoms with Crippen LogP contribution in [0.15, 0.2) is 67.0 Å². The Bertz CT molecular complexity index is 1930. The van der Waals surface area contributed by atoms with Gasteiger partial charge in [-0.25, -0.2) is 0 Å². The van der Waals surface area contributed by atoms with Crippen molar-refractivity contribution in [1.82, 2.24) is 20.5 Å². The molecule has 56 heavy (non-hydrogen) atoms. The van der Waals surface area contributed by atoms with E-state index in [2.05, 4.69) is 26.6 Å². The third kappa shape index (κ3) is 10.9. The molecule has 3 aromatic rings. The fourth-order valence-electron chi connectivity index (χ4n) is 6.96. The van der Waals surface area contributed by atoms with Gasteiger partial charge in [-0.05, 0) is 74.8 Å². The minimum Gasteiger partial charge on any atom is -0.455 e. The van der Waals surface area contributed by atoms with E-state index in [9.17, 15) is 24.0 Å². The number of ether oxygens (including phenoxy) is 1. The number of aromatic nitrogens is 1. The second-order valence-corrected chi connectivity index (χ2v) is 15.1. The van der Waals surface area contributed by atoms with Crippen molar-refractivity contribution in [1.29, 1.82) is 0 Å². The van der Waals surface area contributed by atoms with E-state index in [1.165, 1.54) is 36.1 Å². The van der Waals surface area contributed by atoms with E-state index in [1.54, 1.807) is 29.3 Å². The number of para-hydroxylation sites is 2. The number of hydrogen-bond donors (Lipinski definition) is 2. The molecule has 0 saturated heterocycles. The van der Waals surface area contributed by atoms with Gasteiger partial charge in [0.05, 0.1) is 16.4 Å². The van der Waals surface area contributed by atoms with Crippen LogP contribution in [0.5, 0.6) is 11.5 Å². The molecule has 1 saturated carbocycles. The molecule has 2 N–H and O–H groups in total. The zero-order valence-electron chi connectivity index (χ0n) is 31.4. The van der Waals surface area contributed by atoms with Crippen molar-refractivity contribution in [3.8, 4) is 11.5 Å². The molecule has 3 heterocycles. The number of pyridine rings is 1. The summed E-state index contributed by atoms with van der Waals surface area (Å²) in [5.74, 6) is -0.225. The maximum atomic E-state index is 13.9. The minimum absolute atomic E-state index is 0.00497. The molecule has 296 valence electrons. The number of hydrogen-bond acceptors (Lipinski definition) is 8. The van der Waals surface area contributed by atoms with Crippen molar-refractivity contribution in [3.05, 3.63) is 88.2 Å². The molecule has 5 amide bonds. The van der Waals surface area contributed by atoms with Gasteiger partial charge in [-0.3, -0.25) is 33.9 Å². The summed E-state index contributed by atoms with van der Waals surface area (Å²) in [6.07, 6.45) is 14.7. The molecule has 0 unspecified atom stereocenters. The summed E-state index contributed by atoms with van der Waals surface area (Å²) < 4.78 is 6.19. The monoisotopic (exact) mass is 802 g/mol. The van der Waals surface area contributed by atoms with Crippen molar-refractivity contribution in [3.63, 3.8) is 0 Å². The second-order valence-electron chi connectivity index (χ2n) is 14.3. The predicted molar refractivity (Wildman–Crippen MR) is 216 cm³/mol. The van der Waals surface area contributed by atoms with Gasteiger partial charge in [0.2, 0.25) is 11.8 Å². The van der Waals surface area contributed by atoms with Gasteiger partial charge in [0.25, 0.3) is 17.7 Å². The Hall–Kier alpha value is -4.94. The lowest BCUT2D eigenvalue weighted by molar-refractivity contribution is -0.137. The SMILES string of the molecule is O=C(CCCCCN1C(=O)C=CC1=O)NCCCCCCNC(=O)CCc1cc(Cl)c(Oc2ccncc2C(=O)N2CCN(C3CC3)c3ccccc32)cc1Cl. The molecule has 3 aliphatic rings. The maximum Gasteiger partial charge on any atom is 0.263 e. The summed E-state index contributed by atoms with van der Waals surface area (Å²) in [4.78, 5) is 71.3. The first-order valence-corrected chi connectivity index (χ1v) is 20.3. The van der Waals surface area contributed by atoms with Crippen molar-refractivity contribution < 1.29 is 28.7 Å². The summed E-state index contributed by atoms with van der Waals surface area (Å²) in [5.41, 5.74) is 2.95. The van der Waals surface area contributed by atoms with Gasteiger partial charge in [-0.2, -0.15) is 0 Å². The topological polar surface area (TPSA) is 141 Å². The first-order chi connectivity index (χ1) is 27.2. The van der Waals surface area contributed by atoms with Crippen LogP contribution < -0.4 is 25.2 Å². The Morgan fingerprint density at radius 1 is 0.768 bits per heavy atom. The standard InChI is InChI=1S/C42H48Cl2N6O6/c43-32-27-37(56-36-19-22-45-28-31(36)42(55)49-25-24-48(30-14-15-30)34-10-5-6-11-35(34)49)33(44)26-29(32)13-16-39(52)47-21-8-2-1-7-20-46-38(51)12-4-3-9-23-50-40(53)17-18-41(50)54/h5-6,10-11,17-19,22,26-28,30H,1-4,7-9,12-16,20-21,23-25H2,(H,46,51)(H,47,52). The van der Waals surface area contributed by atoms with E-state index < -0.39 is 0 Å². The number of carbonyl (C=O) groups excluding carboxylic acids is 5. The van der Waals surface area contributed by atoms with Crippen LogP contribution in [0.1, 0.15) is 86.6 Å². The molecule has 0 radical (unpaired) electrons. The van der Waals surface area contributed by atoms with E-state index >= 15 is 0 Å². The molecule has 1 aliphatic carbocycles. The lowest BCUT2D eigenvalue weighted by Crippen LogP contribution is -2.45. The van der Waals surface area contributed by atoms with Crippen molar-refractivity contribution in [2.45, 2.75) is 83.1 Å². The zero-order valence-corrected chi connectivity index (χ0v) is 33.0. The lowest BCUT2D eigenvalue weighted by Gasteiger charge is -2.38. The molecule has 14 heteroatoms. The zero-order chi connectivity index (χ0) is 39.4. The highest BCUT2D eigenvalue weighted by atomic mass is 35.5. The highest BCUT2D eigenvalue weighted by Gasteiger charge is 2.36. The number of nitrogens with one attached hydrogen (secondary N) is 2. The van der Waals surface area contributed by atoms with Crippen LogP contribution in [0.4, 0.5) is 11.4 Å². The van der Waals surface area contributed by atoms with Crippen LogP contribution in [-0.4, -0.2) is 78.2 Å². The van der Waals surface area contributed by atoms with Gasteiger partial charge in [0.15, 0.2) is 0 Å². The molecule has 2 aliphatic heterocycles. The van der Waals surface area contributed by atoms with Crippen LogP contribution in [0, 0.1) is 0 Å². The number of imide groups is 1. The first kappa shape index (κ1) is 40.7. The number of rotatable bonds is 20. The third-order valence-corrected chi connectivity index (χ3v) is 10.8. The highest BCUT2D eigenvalue weighted by Crippen LogP contribution is 2.41. The average molecular weight is 804 g/mol. The van der Waals surface area contributed by atoms with E-state index in [4.69, 9.17) is 27.9 Å². The number of halogens is 2. The summed E-state index contributed by atoms with van der Waals surface area (Å²) >= 11 is 13.3. The van der Waals surface area contributed by atoms with Gasteiger partial charge in [0, 0.05) is 87.2 Å². The van der Waals surface area contributed by atoms with Gasteiger partial charge in [-0.1, -0.05) is 54.6 Å². The molecule has 12 nitrogen and oxygen atoms in total. The molecule has 2 aromatic carbocycles. The number of aryl methyl sites for hydroxylation is 1.